The van der Waals surface area contributed by atoms with Gasteiger partial charge in [0.15, 0.2) is 6.61 Å². The standard InChI is InChI=1S/C21H22N4O6S/c22-19(27)18-13-4-3-5-16(13)32-20(18)23-17(26)11-31-21(28)12-6-7-14(15(10-12)25(29)30)24-8-1-2-9-24/h6-7,10H,1-5,8-9,11H2,(H2,22,27)(H,23,26). The van der Waals surface area contributed by atoms with E-state index in [1.807, 2.05) is 4.90 Å². The summed E-state index contributed by atoms with van der Waals surface area (Å²) < 4.78 is 5.04. The minimum absolute atomic E-state index is 0.0135. The average molecular weight is 458 g/mol. The number of ether oxygens (including phenoxy) is 1. The first-order chi connectivity index (χ1) is 15.3. The monoisotopic (exact) mass is 458 g/mol. The number of nitro groups is 1. The van der Waals surface area contributed by atoms with Gasteiger partial charge in [-0.25, -0.2) is 4.79 Å². The molecule has 2 aliphatic rings. The Labute approximate surface area is 187 Å². The number of thiophene rings is 1. The molecule has 168 valence electrons. The Hall–Kier alpha value is -3.47. The van der Waals surface area contributed by atoms with Gasteiger partial charge in [-0.1, -0.05) is 0 Å². The molecule has 1 saturated heterocycles. The van der Waals surface area contributed by atoms with Crippen molar-refractivity contribution in [3.05, 3.63) is 49.9 Å². The number of hydrogen-bond donors (Lipinski definition) is 2. The van der Waals surface area contributed by atoms with Crippen LogP contribution in [-0.2, 0) is 22.4 Å². The van der Waals surface area contributed by atoms with Crippen LogP contribution in [0.2, 0.25) is 0 Å². The third-order valence-electron chi connectivity index (χ3n) is 5.61. The summed E-state index contributed by atoms with van der Waals surface area (Å²) in [4.78, 5) is 50.4. The van der Waals surface area contributed by atoms with Gasteiger partial charge in [-0.2, -0.15) is 0 Å². The molecule has 2 heterocycles. The van der Waals surface area contributed by atoms with Crippen LogP contribution in [0.25, 0.3) is 0 Å². The van der Waals surface area contributed by atoms with Crippen LogP contribution in [0.1, 0.15) is 50.4 Å². The van der Waals surface area contributed by atoms with E-state index < -0.39 is 29.3 Å². The maximum absolute atomic E-state index is 12.4. The number of rotatable bonds is 7. The van der Waals surface area contributed by atoms with E-state index in [0.717, 1.165) is 55.6 Å². The van der Waals surface area contributed by atoms with Crippen molar-refractivity contribution >= 4 is 45.5 Å². The molecule has 1 aliphatic heterocycles. The van der Waals surface area contributed by atoms with Gasteiger partial charge in [0.05, 0.1) is 16.1 Å². The first-order valence-electron chi connectivity index (χ1n) is 10.3. The summed E-state index contributed by atoms with van der Waals surface area (Å²) >= 11 is 1.30. The third kappa shape index (κ3) is 4.28. The number of nitrogens with zero attached hydrogens (tertiary/aromatic N) is 2. The SMILES string of the molecule is NC(=O)c1c(NC(=O)COC(=O)c2ccc(N3CCCC3)c([N+](=O)[O-])c2)sc2c1CCC2. The quantitative estimate of drug-likeness (QED) is 0.368. The van der Waals surface area contributed by atoms with Crippen LogP contribution in [0.15, 0.2) is 18.2 Å². The Morgan fingerprint density at radius 3 is 2.62 bits per heavy atom. The molecule has 1 aromatic carbocycles. The summed E-state index contributed by atoms with van der Waals surface area (Å²) in [5.41, 5.74) is 6.94. The van der Waals surface area contributed by atoms with Gasteiger partial charge in [-0.3, -0.25) is 19.7 Å². The van der Waals surface area contributed by atoms with Crippen LogP contribution >= 0.6 is 11.3 Å². The molecule has 10 nitrogen and oxygen atoms in total. The highest BCUT2D eigenvalue weighted by atomic mass is 32.1. The van der Waals surface area contributed by atoms with Crippen LogP contribution in [0.4, 0.5) is 16.4 Å². The summed E-state index contributed by atoms with van der Waals surface area (Å²) in [6, 6.07) is 4.16. The summed E-state index contributed by atoms with van der Waals surface area (Å²) in [6.45, 7) is 0.857. The number of nitro benzene ring substituents is 1. The fraction of sp³-hybridized carbons (Fsp3) is 0.381. The van der Waals surface area contributed by atoms with Crippen molar-refractivity contribution < 1.29 is 24.0 Å². The van der Waals surface area contributed by atoms with Crippen molar-refractivity contribution in [3.63, 3.8) is 0 Å². The predicted octanol–water partition coefficient (Wildman–Crippen LogP) is 2.64. The number of carbonyl (C=O) groups is 3. The molecule has 2 aromatic rings. The number of fused-ring (bicyclic) bond motifs is 1. The molecule has 0 unspecified atom stereocenters. The van der Waals surface area contributed by atoms with E-state index in [1.165, 1.54) is 29.5 Å². The molecule has 0 radical (unpaired) electrons. The minimum Gasteiger partial charge on any atom is -0.452 e. The van der Waals surface area contributed by atoms with Crippen molar-refractivity contribution in [1.82, 2.24) is 0 Å². The number of primary amides is 1. The summed E-state index contributed by atoms with van der Waals surface area (Å²) in [7, 11) is 0. The Morgan fingerprint density at radius 2 is 1.94 bits per heavy atom. The van der Waals surface area contributed by atoms with Gasteiger partial charge >= 0.3 is 5.97 Å². The van der Waals surface area contributed by atoms with Gasteiger partial charge in [-0.05, 0) is 49.8 Å². The Kier molecular flexibility index (Phi) is 6.08. The molecule has 4 rings (SSSR count). The fourth-order valence-electron chi connectivity index (χ4n) is 4.15. The van der Waals surface area contributed by atoms with Crippen molar-refractivity contribution in [1.29, 1.82) is 0 Å². The van der Waals surface area contributed by atoms with Crippen LogP contribution in [0.5, 0.6) is 0 Å². The lowest BCUT2D eigenvalue weighted by Gasteiger charge is -2.17. The molecular weight excluding hydrogens is 436 g/mol. The average Bonchev–Trinajstić information content (AvgIpc) is 3.49. The number of aryl methyl sites for hydroxylation is 1. The van der Waals surface area contributed by atoms with Crippen LogP contribution in [-0.4, -0.2) is 42.4 Å². The van der Waals surface area contributed by atoms with E-state index in [-0.39, 0.29) is 11.3 Å². The normalized spacial score (nSPS) is 14.8. The number of esters is 1. The molecular formula is C21H22N4O6S. The Morgan fingerprint density at radius 1 is 1.19 bits per heavy atom. The second kappa shape index (κ2) is 8.95. The zero-order valence-corrected chi connectivity index (χ0v) is 18.0. The van der Waals surface area contributed by atoms with E-state index in [9.17, 15) is 24.5 Å². The highest BCUT2D eigenvalue weighted by molar-refractivity contribution is 7.17. The van der Waals surface area contributed by atoms with Gasteiger partial charge < -0.3 is 20.7 Å². The second-order valence-electron chi connectivity index (χ2n) is 7.70. The van der Waals surface area contributed by atoms with E-state index >= 15 is 0 Å². The fourth-order valence-corrected chi connectivity index (χ4v) is 5.46. The Bertz CT molecular complexity index is 1110. The highest BCUT2D eigenvalue weighted by Gasteiger charge is 2.27. The molecule has 0 bridgehead atoms. The van der Waals surface area contributed by atoms with Crippen molar-refractivity contribution in [2.75, 3.05) is 29.9 Å². The van der Waals surface area contributed by atoms with Crippen LogP contribution < -0.4 is 16.0 Å². The smallest absolute Gasteiger partial charge is 0.338 e. The van der Waals surface area contributed by atoms with Crippen LogP contribution in [0.3, 0.4) is 0 Å². The zero-order chi connectivity index (χ0) is 22.8. The lowest BCUT2D eigenvalue weighted by Crippen LogP contribution is -2.23. The summed E-state index contributed by atoms with van der Waals surface area (Å²) in [5, 5.41) is 14.4. The molecule has 0 spiro atoms. The minimum atomic E-state index is -0.847. The number of amides is 2. The largest absolute Gasteiger partial charge is 0.452 e. The van der Waals surface area contributed by atoms with Gasteiger partial charge in [0, 0.05) is 24.0 Å². The molecule has 3 N–H and O–H groups in total. The molecule has 2 amide bonds. The maximum atomic E-state index is 12.4. The van der Waals surface area contributed by atoms with E-state index in [1.54, 1.807) is 0 Å². The van der Waals surface area contributed by atoms with E-state index in [0.29, 0.717) is 16.3 Å². The number of nitrogens with two attached hydrogens (primary N) is 1. The lowest BCUT2D eigenvalue weighted by molar-refractivity contribution is -0.384. The number of benzene rings is 1. The topological polar surface area (TPSA) is 145 Å². The number of hydrogen-bond acceptors (Lipinski definition) is 8. The van der Waals surface area contributed by atoms with Crippen molar-refractivity contribution in [3.8, 4) is 0 Å². The second-order valence-corrected chi connectivity index (χ2v) is 8.81. The number of carbonyl (C=O) groups excluding carboxylic acids is 3. The molecule has 0 saturated carbocycles. The lowest BCUT2D eigenvalue weighted by atomic mass is 10.1. The van der Waals surface area contributed by atoms with Gasteiger partial charge in [-0.15, -0.1) is 11.3 Å². The first kappa shape index (κ1) is 21.8. The molecule has 1 fully saturated rings. The molecule has 1 aromatic heterocycles. The first-order valence-corrected chi connectivity index (χ1v) is 11.1. The number of anilines is 2. The third-order valence-corrected chi connectivity index (χ3v) is 6.82. The molecule has 32 heavy (non-hydrogen) atoms. The summed E-state index contributed by atoms with van der Waals surface area (Å²) in [6.07, 6.45) is 4.43. The molecule has 11 heteroatoms. The van der Waals surface area contributed by atoms with Gasteiger partial charge in [0.2, 0.25) is 0 Å². The van der Waals surface area contributed by atoms with Crippen molar-refractivity contribution in [2.24, 2.45) is 5.73 Å². The maximum Gasteiger partial charge on any atom is 0.338 e. The van der Waals surface area contributed by atoms with Gasteiger partial charge in [0.25, 0.3) is 17.5 Å². The molecule has 0 atom stereocenters. The van der Waals surface area contributed by atoms with Crippen LogP contribution in [0, 0.1) is 10.1 Å². The van der Waals surface area contributed by atoms with Gasteiger partial charge in [0.1, 0.15) is 10.7 Å². The summed E-state index contributed by atoms with van der Waals surface area (Å²) in [5.74, 6) is -2.08. The molecule has 1 aliphatic carbocycles. The Balaban J connectivity index is 1.42. The van der Waals surface area contributed by atoms with Crippen molar-refractivity contribution in [2.45, 2.75) is 32.1 Å². The van der Waals surface area contributed by atoms with E-state index in [2.05, 4.69) is 5.32 Å². The predicted molar refractivity (Wildman–Crippen MR) is 118 cm³/mol. The van der Waals surface area contributed by atoms with E-state index in [4.69, 9.17) is 10.5 Å². The number of nitrogens with one attached hydrogen (secondary N) is 1. The highest BCUT2D eigenvalue weighted by Crippen LogP contribution is 2.38. The zero-order valence-electron chi connectivity index (χ0n) is 17.2.